The Bertz CT molecular complexity index is 555. The predicted molar refractivity (Wildman–Crippen MR) is 82.1 cm³/mol. The first-order valence-corrected chi connectivity index (χ1v) is 6.85. The van der Waals surface area contributed by atoms with Gasteiger partial charge >= 0.3 is 0 Å². The average molecular weight is 321 g/mol. The number of aromatic nitrogens is 2. The molecular formula is C14H17BrN4. The summed E-state index contributed by atoms with van der Waals surface area (Å²) >= 11 is 3.58. The molecule has 1 aromatic heterocycles. The summed E-state index contributed by atoms with van der Waals surface area (Å²) in [6, 6.07) is 10.1. The van der Waals surface area contributed by atoms with E-state index in [0.29, 0.717) is 6.54 Å². The second-order valence-corrected chi connectivity index (χ2v) is 5.30. The van der Waals surface area contributed by atoms with Crippen molar-refractivity contribution in [3.05, 3.63) is 40.6 Å². The Morgan fingerprint density at radius 3 is 2.42 bits per heavy atom. The van der Waals surface area contributed by atoms with Crippen LogP contribution in [0.15, 0.2) is 34.8 Å². The van der Waals surface area contributed by atoms with Crippen molar-refractivity contribution in [1.29, 1.82) is 0 Å². The second-order valence-electron chi connectivity index (χ2n) is 4.50. The monoisotopic (exact) mass is 320 g/mol. The quantitative estimate of drug-likeness (QED) is 0.940. The van der Waals surface area contributed by atoms with Gasteiger partial charge in [0.2, 0.25) is 0 Å². The molecular weight excluding hydrogens is 304 g/mol. The smallest absolute Gasteiger partial charge is 0.145 e. The number of nitrogens with one attached hydrogen (secondary N) is 1. The van der Waals surface area contributed by atoms with Crippen molar-refractivity contribution in [1.82, 2.24) is 14.9 Å². The molecule has 0 aliphatic heterocycles. The summed E-state index contributed by atoms with van der Waals surface area (Å²) in [5.41, 5.74) is 1.99. The number of benzene rings is 1. The maximum Gasteiger partial charge on any atom is 0.145 e. The molecule has 2 aromatic rings. The minimum Gasteiger partial charge on any atom is -0.372 e. The topological polar surface area (TPSA) is 41.1 Å². The van der Waals surface area contributed by atoms with Gasteiger partial charge in [-0.3, -0.25) is 0 Å². The van der Waals surface area contributed by atoms with Gasteiger partial charge < -0.3 is 10.2 Å². The summed E-state index contributed by atoms with van der Waals surface area (Å²) in [4.78, 5) is 11.2. The highest BCUT2D eigenvalue weighted by Gasteiger charge is 2.13. The minimum atomic E-state index is 0.710. The lowest BCUT2D eigenvalue weighted by Crippen LogP contribution is -2.14. The van der Waals surface area contributed by atoms with E-state index in [1.165, 1.54) is 0 Å². The Kier molecular flexibility index (Phi) is 4.50. The fourth-order valence-corrected chi connectivity index (χ4v) is 2.40. The van der Waals surface area contributed by atoms with Crippen LogP contribution in [0.1, 0.15) is 5.82 Å². The maximum absolute atomic E-state index is 4.65. The summed E-state index contributed by atoms with van der Waals surface area (Å²) in [6.45, 7) is 0.710. The zero-order valence-corrected chi connectivity index (χ0v) is 12.9. The van der Waals surface area contributed by atoms with Crippen molar-refractivity contribution in [2.24, 2.45) is 0 Å². The zero-order chi connectivity index (χ0) is 13.8. The summed E-state index contributed by atoms with van der Waals surface area (Å²) in [5, 5.41) is 3.10. The first kappa shape index (κ1) is 14.0. The van der Waals surface area contributed by atoms with Crippen molar-refractivity contribution < 1.29 is 0 Å². The highest BCUT2D eigenvalue weighted by molar-refractivity contribution is 9.10. The Morgan fingerprint density at radius 2 is 1.84 bits per heavy atom. The molecule has 2 rings (SSSR count). The lowest BCUT2D eigenvalue weighted by Gasteiger charge is -2.13. The van der Waals surface area contributed by atoms with Gasteiger partial charge in [-0.05, 0) is 30.0 Å². The van der Waals surface area contributed by atoms with E-state index in [-0.39, 0.29) is 0 Å². The standard InChI is InChI=1S/C14H17BrN4/c1-16-14-12(15)13(10-7-5-4-6-8-10)17-11(18-14)9-19(2)3/h4-8H,9H2,1-3H3,(H,16,17,18). The molecule has 1 N–H and O–H groups in total. The Balaban J connectivity index is 2.52. The fourth-order valence-electron chi connectivity index (χ4n) is 1.80. The lowest BCUT2D eigenvalue weighted by atomic mass is 10.1. The van der Waals surface area contributed by atoms with Gasteiger partial charge in [0, 0.05) is 12.6 Å². The Hall–Kier alpha value is -1.46. The molecule has 4 nitrogen and oxygen atoms in total. The zero-order valence-electron chi connectivity index (χ0n) is 11.3. The SMILES string of the molecule is CNc1nc(CN(C)C)nc(-c2ccccc2)c1Br. The molecule has 19 heavy (non-hydrogen) atoms. The maximum atomic E-state index is 4.65. The molecule has 1 heterocycles. The number of halogens is 1. The summed E-state index contributed by atoms with van der Waals surface area (Å²) < 4.78 is 0.892. The summed E-state index contributed by atoms with van der Waals surface area (Å²) in [6.07, 6.45) is 0. The normalized spacial score (nSPS) is 10.8. The molecule has 0 bridgehead atoms. The van der Waals surface area contributed by atoms with E-state index in [4.69, 9.17) is 0 Å². The average Bonchev–Trinajstić information content (AvgIpc) is 2.41. The molecule has 0 saturated heterocycles. The first-order valence-electron chi connectivity index (χ1n) is 6.06. The summed E-state index contributed by atoms with van der Waals surface area (Å²) in [5.74, 6) is 1.61. The van der Waals surface area contributed by atoms with E-state index in [0.717, 1.165) is 27.4 Å². The second kappa shape index (κ2) is 6.12. The molecule has 0 saturated carbocycles. The van der Waals surface area contributed by atoms with E-state index >= 15 is 0 Å². The van der Waals surface area contributed by atoms with Crippen LogP contribution in [0.3, 0.4) is 0 Å². The number of nitrogens with zero attached hydrogens (tertiary/aromatic N) is 3. The van der Waals surface area contributed by atoms with Gasteiger partial charge in [-0.2, -0.15) is 0 Å². The van der Waals surface area contributed by atoms with Crippen LogP contribution in [0.25, 0.3) is 11.3 Å². The van der Waals surface area contributed by atoms with E-state index in [1.807, 2.05) is 51.5 Å². The fraction of sp³-hybridized carbons (Fsp3) is 0.286. The molecule has 1 aromatic carbocycles. The lowest BCUT2D eigenvalue weighted by molar-refractivity contribution is 0.390. The van der Waals surface area contributed by atoms with Crippen LogP contribution in [0.2, 0.25) is 0 Å². The van der Waals surface area contributed by atoms with Gasteiger partial charge in [0.25, 0.3) is 0 Å². The van der Waals surface area contributed by atoms with Crippen molar-refractivity contribution in [2.75, 3.05) is 26.5 Å². The number of hydrogen-bond donors (Lipinski definition) is 1. The van der Waals surface area contributed by atoms with Gasteiger partial charge in [-0.15, -0.1) is 0 Å². The molecule has 0 aliphatic carbocycles. The molecule has 0 aliphatic rings. The van der Waals surface area contributed by atoms with E-state index < -0.39 is 0 Å². The van der Waals surface area contributed by atoms with Crippen LogP contribution in [-0.4, -0.2) is 36.0 Å². The molecule has 0 atom stereocenters. The predicted octanol–water partition coefficient (Wildman–Crippen LogP) is 3.01. The minimum absolute atomic E-state index is 0.710. The van der Waals surface area contributed by atoms with Crippen molar-refractivity contribution in [3.63, 3.8) is 0 Å². The number of rotatable bonds is 4. The number of hydrogen-bond acceptors (Lipinski definition) is 4. The molecule has 5 heteroatoms. The van der Waals surface area contributed by atoms with Crippen LogP contribution in [0.4, 0.5) is 5.82 Å². The van der Waals surface area contributed by atoms with Gasteiger partial charge in [-0.1, -0.05) is 30.3 Å². The molecule has 100 valence electrons. The van der Waals surface area contributed by atoms with Crippen molar-refractivity contribution >= 4 is 21.7 Å². The van der Waals surface area contributed by atoms with Crippen LogP contribution in [0.5, 0.6) is 0 Å². The van der Waals surface area contributed by atoms with Crippen LogP contribution < -0.4 is 5.32 Å². The summed E-state index contributed by atoms with van der Waals surface area (Å²) in [7, 11) is 5.88. The third-order valence-corrected chi connectivity index (χ3v) is 3.39. The van der Waals surface area contributed by atoms with Gasteiger partial charge in [0.1, 0.15) is 11.6 Å². The van der Waals surface area contributed by atoms with Crippen LogP contribution in [-0.2, 0) is 6.54 Å². The largest absolute Gasteiger partial charge is 0.372 e. The molecule has 0 spiro atoms. The van der Waals surface area contributed by atoms with E-state index in [1.54, 1.807) is 0 Å². The van der Waals surface area contributed by atoms with Gasteiger partial charge in [0.05, 0.1) is 16.7 Å². The molecule has 0 unspecified atom stereocenters. The van der Waals surface area contributed by atoms with Crippen molar-refractivity contribution in [3.8, 4) is 11.3 Å². The van der Waals surface area contributed by atoms with E-state index in [9.17, 15) is 0 Å². The molecule has 0 amide bonds. The first-order chi connectivity index (χ1) is 9.11. The van der Waals surface area contributed by atoms with Gasteiger partial charge in [-0.25, -0.2) is 9.97 Å². The van der Waals surface area contributed by atoms with E-state index in [2.05, 4.69) is 36.1 Å². The molecule has 0 fully saturated rings. The highest BCUT2D eigenvalue weighted by atomic mass is 79.9. The van der Waals surface area contributed by atoms with Crippen molar-refractivity contribution in [2.45, 2.75) is 6.54 Å². The highest BCUT2D eigenvalue weighted by Crippen LogP contribution is 2.31. The third-order valence-electron chi connectivity index (χ3n) is 2.64. The van der Waals surface area contributed by atoms with Crippen LogP contribution >= 0.6 is 15.9 Å². The van der Waals surface area contributed by atoms with Gasteiger partial charge in [0.15, 0.2) is 0 Å². The number of anilines is 1. The third kappa shape index (κ3) is 3.30. The van der Waals surface area contributed by atoms with Crippen LogP contribution in [0, 0.1) is 0 Å². The Morgan fingerprint density at radius 1 is 1.16 bits per heavy atom. The molecule has 0 radical (unpaired) electrons. The Labute approximate surface area is 122 Å².